The van der Waals surface area contributed by atoms with Crippen LogP contribution in [-0.4, -0.2) is 12.1 Å². The van der Waals surface area contributed by atoms with E-state index in [4.69, 9.17) is 4.74 Å². The second kappa shape index (κ2) is 8.71. The molecule has 0 aromatic rings. The number of hydrogen-bond acceptors (Lipinski definition) is 3. The van der Waals surface area contributed by atoms with E-state index in [-0.39, 0.29) is 23.4 Å². The van der Waals surface area contributed by atoms with Gasteiger partial charge in [-0.25, -0.2) is 0 Å². The van der Waals surface area contributed by atoms with Crippen molar-refractivity contribution in [3.8, 4) is 6.07 Å². The van der Waals surface area contributed by atoms with Gasteiger partial charge < -0.3 is 4.74 Å². The Labute approximate surface area is 141 Å². The van der Waals surface area contributed by atoms with E-state index in [9.17, 15) is 10.1 Å². The quantitative estimate of drug-likeness (QED) is 0.617. The van der Waals surface area contributed by atoms with Gasteiger partial charge >= 0.3 is 5.97 Å². The van der Waals surface area contributed by atoms with Crippen LogP contribution in [0.4, 0.5) is 0 Å². The number of ether oxygens (including phenoxy) is 1. The molecule has 0 N–H and O–H groups in total. The average Bonchev–Trinajstić information content (AvgIpc) is 2.58. The maximum Gasteiger partial charge on any atom is 0.309 e. The van der Waals surface area contributed by atoms with Crippen LogP contribution < -0.4 is 0 Å². The molecule has 0 unspecified atom stereocenters. The molecule has 0 radical (unpaired) electrons. The predicted molar refractivity (Wildman–Crippen MR) is 91.7 cm³/mol. The summed E-state index contributed by atoms with van der Waals surface area (Å²) < 4.78 is 5.79. The van der Waals surface area contributed by atoms with Crippen LogP contribution in [0.3, 0.4) is 0 Å². The summed E-state index contributed by atoms with van der Waals surface area (Å²) in [4.78, 5) is 12.4. The molecule has 0 heterocycles. The smallest absolute Gasteiger partial charge is 0.309 e. The lowest BCUT2D eigenvalue weighted by molar-refractivity contribution is -0.158. The zero-order valence-corrected chi connectivity index (χ0v) is 15.0. The molecular weight excluding hydrogens is 286 g/mol. The van der Waals surface area contributed by atoms with Crippen molar-refractivity contribution in [1.29, 1.82) is 5.26 Å². The lowest BCUT2D eigenvalue weighted by Gasteiger charge is -2.35. The molecule has 0 atom stereocenters. The van der Waals surface area contributed by atoms with Crippen LogP contribution in [0.25, 0.3) is 0 Å². The van der Waals surface area contributed by atoms with Crippen molar-refractivity contribution in [3.63, 3.8) is 0 Å². The minimum Gasteiger partial charge on any atom is -0.462 e. The third-order valence-electron chi connectivity index (χ3n) is 6.02. The van der Waals surface area contributed by atoms with E-state index in [0.29, 0.717) is 0 Å². The monoisotopic (exact) mass is 319 g/mol. The molecule has 0 spiro atoms. The first-order valence-electron chi connectivity index (χ1n) is 9.74. The van der Waals surface area contributed by atoms with Crippen molar-refractivity contribution < 1.29 is 9.53 Å². The summed E-state index contributed by atoms with van der Waals surface area (Å²) in [6.07, 6.45) is 12.5. The first kappa shape index (κ1) is 18.3. The highest BCUT2D eigenvalue weighted by Crippen LogP contribution is 2.41. The van der Waals surface area contributed by atoms with Crippen LogP contribution in [0.2, 0.25) is 0 Å². The molecule has 23 heavy (non-hydrogen) atoms. The largest absolute Gasteiger partial charge is 0.462 e. The van der Waals surface area contributed by atoms with Gasteiger partial charge in [0.15, 0.2) is 0 Å². The normalized spacial score (nSPS) is 34.6. The molecule has 0 bridgehead atoms. The number of esters is 1. The Hall–Kier alpha value is -1.04. The molecule has 0 aliphatic heterocycles. The minimum absolute atomic E-state index is 0.0323. The molecule has 0 aromatic carbocycles. The Morgan fingerprint density at radius 2 is 1.74 bits per heavy atom. The van der Waals surface area contributed by atoms with E-state index >= 15 is 0 Å². The summed E-state index contributed by atoms with van der Waals surface area (Å²) in [5.41, 5.74) is -0.157. The highest BCUT2D eigenvalue weighted by atomic mass is 16.5. The molecule has 0 amide bonds. The molecule has 0 saturated heterocycles. The molecule has 3 nitrogen and oxygen atoms in total. The Morgan fingerprint density at radius 1 is 1.09 bits per heavy atom. The van der Waals surface area contributed by atoms with Crippen molar-refractivity contribution >= 4 is 5.97 Å². The van der Waals surface area contributed by atoms with Gasteiger partial charge in [-0.05, 0) is 63.7 Å². The van der Waals surface area contributed by atoms with Crippen LogP contribution in [0.15, 0.2) is 0 Å². The predicted octanol–water partition coefficient (Wildman–Crippen LogP) is 5.39. The van der Waals surface area contributed by atoms with Gasteiger partial charge in [0.05, 0.1) is 17.4 Å². The fraction of sp³-hybridized carbons (Fsp3) is 0.900. The summed E-state index contributed by atoms with van der Waals surface area (Å²) in [5, 5.41) is 9.46. The van der Waals surface area contributed by atoms with E-state index in [1.165, 1.54) is 25.7 Å². The number of nitriles is 1. The van der Waals surface area contributed by atoms with Crippen molar-refractivity contribution in [1.82, 2.24) is 0 Å². The SMILES string of the molecule is CCCC1CCC(C(=O)OC2CCC(C#N)(CCC)CC2)CC1. The standard InChI is InChI=1S/C20H33NO2/c1-3-5-16-6-8-17(9-7-16)19(22)23-18-10-13-20(15-21,12-4-2)14-11-18/h16-18H,3-14H2,1-2H3. The summed E-state index contributed by atoms with van der Waals surface area (Å²) in [7, 11) is 0. The van der Waals surface area contributed by atoms with Gasteiger partial charge in [-0.2, -0.15) is 5.26 Å². The van der Waals surface area contributed by atoms with E-state index in [1.54, 1.807) is 0 Å². The van der Waals surface area contributed by atoms with Crippen molar-refractivity contribution in [2.45, 2.75) is 97.0 Å². The van der Waals surface area contributed by atoms with Crippen LogP contribution >= 0.6 is 0 Å². The molecule has 3 heteroatoms. The Kier molecular flexibility index (Phi) is 6.93. The third kappa shape index (κ3) is 4.96. The summed E-state index contributed by atoms with van der Waals surface area (Å²) >= 11 is 0. The number of nitrogens with zero attached hydrogens (tertiary/aromatic N) is 1. The first-order valence-corrected chi connectivity index (χ1v) is 9.74. The molecule has 2 rings (SSSR count). The maximum atomic E-state index is 12.4. The minimum atomic E-state index is -0.157. The molecule has 2 saturated carbocycles. The average molecular weight is 319 g/mol. The second-order valence-corrected chi connectivity index (χ2v) is 7.78. The van der Waals surface area contributed by atoms with Gasteiger partial charge in [0.2, 0.25) is 0 Å². The van der Waals surface area contributed by atoms with Gasteiger partial charge in [0, 0.05) is 0 Å². The maximum absolute atomic E-state index is 12.4. The van der Waals surface area contributed by atoms with Gasteiger partial charge in [0.1, 0.15) is 6.10 Å². The zero-order chi connectivity index (χ0) is 16.7. The second-order valence-electron chi connectivity index (χ2n) is 7.78. The first-order chi connectivity index (χ1) is 11.1. The summed E-state index contributed by atoms with van der Waals surface area (Å²) in [6, 6.07) is 2.53. The molecule has 130 valence electrons. The van der Waals surface area contributed by atoms with Crippen molar-refractivity contribution in [2.75, 3.05) is 0 Å². The summed E-state index contributed by atoms with van der Waals surface area (Å²) in [5.74, 6) is 0.982. The van der Waals surface area contributed by atoms with Gasteiger partial charge in [-0.15, -0.1) is 0 Å². The van der Waals surface area contributed by atoms with Crippen LogP contribution in [0, 0.1) is 28.6 Å². The number of rotatable bonds is 6. The molecule has 2 aliphatic rings. The Balaban J connectivity index is 1.74. The van der Waals surface area contributed by atoms with Gasteiger partial charge in [-0.1, -0.05) is 33.1 Å². The highest BCUT2D eigenvalue weighted by molar-refractivity contribution is 5.72. The van der Waals surface area contributed by atoms with Crippen LogP contribution in [0.1, 0.15) is 90.9 Å². The fourth-order valence-electron chi connectivity index (χ4n) is 4.51. The van der Waals surface area contributed by atoms with Crippen molar-refractivity contribution in [3.05, 3.63) is 0 Å². The fourth-order valence-corrected chi connectivity index (χ4v) is 4.51. The number of carbonyl (C=O) groups excluding carboxylic acids is 1. The van der Waals surface area contributed by atoms with Crippen LogP contribution in [-0.2, 0) is 9.53 Å². The van der Waals surface area contributed by atoms with E-state index < -0.39 is 0 Å². The van der Waals surface area contributed by atoms with E-state index in [2.05, 4.69) is 19.9 Å². The molecule has 2 aliphatic carbocycles. The Bertz CT molecular complexity index is 410. The molecule has 2 fully saturated rings. The Morgan fingerprint density at radius 3 is 2.26 bits per heavy atom. The van der Waals surface area contributed by atoms with E-state index in [1.807, 2.05) is 0 Å². The number of carbonyl (C=O) groups is 1. The lowest BCUT2D eigenvalue weighted by Crippen LogP contribution is -2.33. The van der Waals surface area contributed by atoms with Gasteiger partial charge in [-0.3, -0.25) is 4.79 Å². The molecular formula is C20H33NO2. The van der Waals surface area contributed by atoms with E-state index in [0.717, 1.165) is 57.3 Å². The third-order valence-corrected chi connectivity index (χ3v) is 6.02. The van der Waals surface area contributed by atoms with Crippen molar-refractivity contribution in [2.24, 2.45) is 17.3 Å². The molecule has 0 aromatic heterocycles. The summed E-state index contributed by atoms with van der Waals surface area (Å²) in [6.45, 7) is 4.38. The van der Waals surface area contributed by atoms with Crippen LogP contribution in [0.5, 0.6) is 0 Å². The highest BCUT2D eigenvalue weighted by Gasteiger charge is 2.37. The topological polar surface area (TPSA) is 50.1 Å². The lowest BCUT2D eigenvalue weighted by atomic mass is 9.71. The van der Waals surface area contributed by atoms with Gasteiger partial charge in [0.25, 0.3) is 0 Å². The zero-order valence-electron chi connectivity index (χ0n) is 15.0. The number of hydrogen-bond donors (Lipinski definition) is 0.